The van der Waals surface area contributed by atoms with Gasteiger partial charge in [-0.2, -0.15) is 0 Å². The Morgan fingerprint density at radius 1 is 1.31 bits per heavy atom. The van der Waals surface area contributed by atoms with Crippen LogP contribution in [0, 0.1) is 13.8 Å². The number of nitrogens with one attached hydrogen (secondary N) is 1. The lowest BCUT2D eigenvalue weighted by atomic mass is 10.3. The fourth-order valence-corrected chi connectivity index (χ4v) is 2.04. The van der Waals surface area contributed by atoms with E-state index in [0.29, 0.717) is 0 Å². The summed E-state index contributed by atoms with van der Waals surface area (Å²) in [6.07, 6.45) is 3.58. The quantitative estimate of drug-likeness (QED) is 0.887. The summed E-state index contributed by atoms with van der Waals surface area (Å²) in [5.74, 6) is 0.836. The third kappa shape index (κ3) is 2.36. The summed E-state index contributed by atoms with van der Waals surface area (Å²) in [6.45, 7) is 5.96. The van der Waals surface area contributed by atoms with Crippen molar-refractivity contribution in [3.63, 3.8) is 0 Å². The first-order valence-electron chi connectivity index (χ1n) is 5.13. The topological polar surface area (TPSA) is 50.7 Å². The second kappa shape index (κ2) is 4.57. The predicted molar refractivity (Wildman–Crippen MR) is 65.7 cm³/mol. The van der Waals surface area contributed by atoms with Crippen LogP contribution in [-0.4, -0.2) is 15.0 Å². The van der Waals surface area contributed by atoms with Crippen LogP contribution >= 0.6 is 11.3 Å². The van der Waals surface area contributed by atoms with Gasteiger partial charge in [-0.05, 0) is 20.8 Å². The minimum absolute atomic E-state index is 0.162. The lowest BCUT2D eigenvalue weighted by molar-refractivity contribution is 0.850. The molecule has 0 fully saturated rings. The van der Waals surface area contributed by atoms with Gasteiger partial charge in [-0.3, -0.25) is 4.98 Å². The van der Waals surface area contributed by atoms with Gasteiger partial charge in [-0.1, -0.05) is 0 Å². The molecule has 0 bridgehead atoms. The Kier molecular flexibility index (Phi) is 3.14. The number of anilines is 1. The van der Waals surface area contributed by atoms with Gasteiger partial charge in [0.25, 0.3) is 0 Å². The number of aromatic nitrogens is 3. The van der Waals surface area contributed by atoms with Gasteiger partial charge in [-0.15, -0.1) is 11.3 Å². The monoisotopic (exact) mass is 234 g/mol. The molecule has 84 valence electrons. The Morgan fingerprint density at radius 2 is 2.12 bits per heavy atom. The van der Waals surface area contributed by atoms with Crippen molar-refractivity contribution in [2.24, 2.45) is 0 Å². The molecule has 2 aromatic rings. The summed E-state index contributed by atoms with van der Waals surface area (Å²) in [5.41, 5.74) is 1.83. The van der Waals surface area contributed by atoms with Gasteiger partial charge in [-0.25, -0.2) is 9.97 Å². The smallest absolute Gasteiger partial charge is 0.148 e. The Morgan fingerprint density at radius 3 is 2.81 bits per heavy atom. The molecule has 5 heteroatoms. The van der Waals surface area contributed by atoms with Crippen molar-refractivity contribution in [1.29, 1.82) is 0 Å². The highest BCUT2D eigenvalue weighted by molar-refractivity contribution is 7.09. The number of aryl methyl sites for hydroxylation is 2. The van der Waals surface area contributed by atoms with Crippen molar-refractivity contribution in [2.45, 2.75) is 26.8 Å². The van der Waals surface area contributed by atoms with E-state index in [0.717, 1.165) is 22.2 Å². The van der Waals surface area contributed by atoms with E-state index in [2.05, 4.69) is 27.2 Å². The fraction of sp³-hybridized carbons (Fsp3) is 0.364. The first-order valence-corrected chi connectivity index (χ1v) is 6.01. The molecule has 2 heterocycles. The van der Waals surface area contributed by atoms with E-state index in [1.54, 1.807) is 17.5 Å². The lowest BCUT2D eigenvalue weighted by Gasteiger charge is -2.13. The highest BCUT2D eigenvalue weighted by Gasteiger charge is 2.10. The highest BCUT2D eigenvalue weighted by Crippen LogP contribution is 2.20. The van der Waals surface area contributed by atoms with E-state index < -0.39 is 0 Å². The number of hydrogen-bond donors (Lipinski definition) is 1. The third-order valence-corrected chi connectivity index (χ3v) is 3.21. The molecule has 2 aromatic heterocycles. The molecular formula is C11H14N4S. The molecule has 0 amide bonds. The predicted octanol–water partition coefficient (Wildman–Crippen LogP) is 2.72. The molecule has 0 aromatic carbocycles. The second-order valence-electron chi connectivity index (χ2n) is 3.68. The zero-order valence-corrected chi connectivity index (χ0v) is 10.4. The van der Waals surface area contributed by atoms with E-state index in [1.165, 1.54) is 0 Å². The van der Waals surface area contributed by atoms with Crippen LogP contribution in [0.1, 0.15) is 29.4 Å². The van der Waals surface area contributed by atoms with E-state index in [1.807, 2.05) is 25.4 Å². The molecule has 0 saturated carbocycles. The molecule has 1 atom stereocenters. The van der Waals surface area contributed by atoms with Crippen LogP contribution in [-0.2, 0) is 0 Å². The van der Waals surface area contributed by atoms with Crippen molar-refractivity contribution in [1.82, 2.24) is 15.0 Å². The Labute approximate surface area is 98.8 Å². The molecule has 0 radical (unpaired) electrons. The van der Waals surface area contributed by atoms with Crippen LogP contribution in [0.4, 0.5) is 5.82 Å². The molecule has 0 spiro atoms. The summed E-state index contributed by atoms with van der Waals surface area (Å²) in [7, 11) is 0. The summed E-state index contributed by atoms with van der Waals surface area (Å²) in [5, 5.41) is 6.36. The van der Waals surface area contributed by atoms with Crippen LogP contribution in [0.25, 0.3) is 0 Å². The summed E-state index contributed by atoms with van der Waals surface area (Å²) >= 11 is 1.64. The Hall–Kier alpha value is -1.49. The minimum Gasteiger partial charge on any atom is -0.360 e. The molecule has 0 aliphatic rings. The summed E-state index contributed by atoms with van der Waals surface area (Å²) in [6, 6.07) is 0.162. The van der Waals surface area contributed by atoms with Crippen molar-refractivity contribution < 1.29 is 0 Å². The number of hydrogen-bond acceptors (Lipinski definition) is 5. The SMILES string of the molecule is Cc1cnc(C)c(NC(C)c2nccs2)n1. The average molecular weight is 234 g/mol. The molecule has 1 N–H and O–H groups in total. The van der Waals surface area contributed by atoms with Crippen molar-refractivity contribution in [2.75, 3.05) is 5.32 Å². The molecular weight excluding hydrogens is 220 g/mol. The van der Waals surface area contributed by atoms with Crippen molar-refractivity contribution >= 4 is 17.2 Å². The molecule has 16 heavy (non-hydrogen) atoms. The van der Waals surface area contributed by atoms with Crippen molar-refractivity contribution in [3.8, 4) is 0 Å². The van der Waals surface area contributed by atoms with Gasteiger partial charge in [0.15, 0.2) is 0 Å². The van der Waals surface area contributed by atoms with Gasteiger partial charge >= 0.3 is 0 Å². The first kappa shape index (κ1) is 11.0. The minimum atomic E-state index is 0.162. The van der Waals surface area contributed by atoms with Gasteiger partial charge in [0.05, 0.1) is 17.4 Å². The highest BCUT2D eigenvalue weighted by atomic mass is 32.1. The molecule has 4 nitrogen and oxygen atoms in total. The largest absolute Gasteiger partial charge is 0.360 e. The standard InChI is InChI=1S/C11H14N4S/c1-7-6-13-8(2)10(14-7)15-9(3)11-12-4-5-16-11/h4-6,9H,1-3H3,(H,14,15). The van der Waals surface area contributed by atoms with Gasteiger partial charge in [0, 0.05) is 17.8 Å². The van der Waals surface area contributed by atoms with E-state index in [-0.39, 0.29) is 6.04 Å². The van der Waals surface area contributed by atoms with Crippen LogP contribution in [0.15, 0.2) is 17.8 Å². The molecule has 2 rings (SSSR count). The maximum Gasteiger partial charge on any atom is 0.148 e. The maximum absolute atomic E-state index is 4.43. The summed E-state index contributed by atoms with van der Waals surface area (Å²) in [4.78, 5) is 13.0. The molecule has 0 aliphatic carbocycles. The normalized spacial score (nSPS) is 12.4. The average Bonchev–Trinajstić information content (AvgIpc) is 2.76. The van der Waals surface area contributed by atoms with Gasteiger partial charge < -0.3 is 5.32 Å². The van der Waals surface area contributed by atoms with Crippen LogP contribution < -0.4 is 5.32 Å². The zero-order chi connectivity index (χ0) is 11.5. The lowest BCUT2D eigenvalue weighted by Crippen LogP contribution is -2.10. The second-order valence-corrected chi connectivity index (χ2v) is 4.61. The van der Waals surface area contributed by atoms with E-state index >= 15 is 0 Å². The number of nitrogens with zero attached hydrogens (tertiary/aromatic N) is 3. The molecule has 0 aliphatic heterocycles. The summed E-state index contributed by atoms with van der Waals surface area (Å²) < 4.78 is 0. The first-order chi connectivity index (χ1) is 7.66. The number of thiazole rings is 1. The molecule has 0 saturated heterocycles. The fourth-order valence-electron chi connectivity index (χ4n) is 1.39. The Balaban J connectivity index is 2.17. The van der Waals surface area contributed by atoms with Crippen LogP contribution in [0.3, 0.4) is 0 Å². The third-order valence-electron chi connectivity index (χ3n) is 2.25. The zero-order valence-electron chi connectivity index (χ0n) is 9.56. The van der Waals surface area contributed by atoms with Gasteiger partial charge in [0.2, 0.25) is 0 Å². The van der Waals surface area contributed by atoms with E-state index in [4.69, 9.17) is 0 Å². The number of rotatable bonds is 3. The van der Waals surface area contributed by atoms with Crippen LogP contribution in [0.5, 0.6) is 0 Å². The van der Waals surface area contributed by atoms with Crippen LogP contribution in [0.2, 0.25) is 0 Å². The van der Waals surface area contributed by atoms with E-state index in [9.17, 15) is 0 Å². The molecule has 1 unspecified atom stereocenters. The maximum atomic E-state index is 4.43. The van der Waals surface area contributed by atoms with Crippen molar-refractivity contribution in [3.05, 3.63) is 34.2 Å². The Bertz CT molecular complexity index is 467. The van der Waals surface area contributed by atoms with Gasteiger partial charge in [0.1, 0.15) is 10.8 Å².